The molecule has 106 valence electrons. The van der Waals surface area contributed by atoms with Crippen molar-refractivity contribution in [1.29, 1.82) is 0 Å². The normalized spacial score (nSPS) is 13.4. The molecule has 0 saturated carbocycles. The van der Waals surface area contributed by atoms with Crippen molar-refractivity contribution in [3.8, 4) is 0 Å². The number of carbonyl (C=O) groups excluding carboxylic acids is 2. The quantitative estimate of drug-likeness (QED) is 0.491. The Bertz CT molecular complexity index is 261. The number of rotatable bonds is 8. The van der Waals surface area contributed by atoms with E-state index in [4.69, 9.17) is 5.73 Å². The maximum absolute atomic E-state index is 11.8. The van der Waals surface area contributed by atoms with Crippen molar-refractivity contribution in [2.45, 2.75) is 51.6 Å². The molecule has 0 fully saturated rings. The predicted molar refractivity (Wildman–Crippen MR) is 73.3 cm³/mol. The van der Waals surface area contributed by atoms with Gasteiger partial charge in [-0.25, -0.2) is 0 Å². The molecule has 0 aliphatic rings. The van der Waals surface area contributed by atoms with Crippen LogP contribution in [-0.2, 0) is 9.59 Å². The zero-order valence-corrected chi connectivity index (χ0v) is 12.0. The number of nitrogens with two attached hydrogens (primary N) is 1. The van der Waals surface area contributed by atoms with Crippen molar-refractivity contribution >= 4 is 12.2 Å². The molecule has 0 bridgehead atoms. The highest BCUT2D eigenvalue weighted by atomic mass is 16.2. The second-order valence-corrected chi connectivity index (χ2v) is 5.62. The van der Waals surface area contributed by atoms with Crippen molar-refractivity contribution in [3.05, 3.63) is 0 Å². The predicted octanol–water partition coefficient (Wildman–Crippen LogP) is 0.529. The second kappa shape index (κ2) is 8.21. The van der Waals surface area contributed by atoms with E-state index in [1.807, 2.05) is 32.7 Å². The van der Waals surface area contributed by atoms with Crippen LogP contribution in [-0.4, -0.2) is 48.8 Å². The van der Waals surface area contributed by atoms with Gasteiger partial charge in [0.15, 0.2) is 0 Å². The molecule has 0 spiro atoms. The number of likely N-dealkylation sites (N-methyl/N-ethyl adjacent to an activating group) is 1. The number of amides is 1. The zero-order chi connectivity index (χ0) is 14.2. The van der Waals surface area contributed by atoms with Crippen molar-refractivity contribution in [3.63, 3.8) is 0 Å². The third-order valence-corrected chi connectivity index (χ3v) is 3.01. The highest BCUT2D eigenvalue weighted by Crippen LogP contribution is 2.09. The molecule has 0 unspecified atom stereocenters. The Labute approximate surface area is 110 Å². The largest absolute Gasteiger partial charge is 0.345 e. The Morgan fingerprint density at radius 3 is 2.44 bits per heavy atom. The van der Waals surface area contributed by atoms with E-state index >= 15 is 0 Å². The van der Waals surface area contributed by atoms with Crippen LogP contribution in [0.25, 0.3) is 0 Å². The Kier molecular flexibility index (Phi) is 7.78. The first-order valence-electron chi connectivity index (χ1n) is 6.47. The zero-order valence-electron chi connectivity index (χ0n) is 12.0. The summed E-state index contributed by atoms with van der Waals surface area (Å²) in [5, 5.41) is 2.74. The lowest BCUT2D eigenvalue weighted by molar-refractivity contribution is -0.125. The maximum Gasteiger partial charge on any atom is 0.234 e. The van der Waals surface area contributed by atoms with Crippen LogP contribution in [0.3, 0.4) is 0 Å². The average molecular weight is 257 g/mol. The number of aldehydes is 1. The molecule has 0 radical (unpaired) electrons. The summed E-state index contributed by atoms with van der Waals surface area (Å²) in [6.45, 7) is 7.03. The Morgan fingerprint density at radius 1 is 1.39 bits per heavy atom. The highest BCUT2D eigenvalue weighted by Gasteiger charge is 2.20. The topological polar surface area (TPSA) is 75.4 Å². The molecule has 0 heterocycles. The molecule has 0 aromatic heterocycles. The fourth-order valence-corrected chi connectivity index (χ4v) is 1.39. The van der Waals surface area contributed by atoms with E-state index in [0.29, 0.717) is 19.5 Å². The molecular weight excluding hydrogens is 230 g/mol. The lowest BCUT2D eigenvalue weighted by Crippen LogP contribution is -2.47. The van der Waals surface area contributed by atoms with Gasteiger partial charge in [-0.15, -0.1) is 0 Å². The van der Waals surface area contributed by atoms with E-state index in [0.717, 1.165) is 19.1 Å². The van der Waals surface area contributed by atoms with E-state index in [1.165, 1.54) is 0 Å². The molecule has 0 rings (SSSR count). The van der Waals surface area contributed by atoms with E-state index in [1.54, 1.807) is 0 Å². The van der Waals surface area contributed by atoms with Crippen LogP contribution in [0.1, 0.15) is 40.0 Å². The molecule has 0 aromatic rings. The van der Waals surface area contributed by atoms with Crippen LogP contribution in [0.2, 0.25) is 0 Å². The first-order valence-corrected chi connectivity index (χ1v) is 6.47. The SMILES string of the molecule is CN(CC(=O)N[C@H](C=O)CCCCN)C(C)(C)C. The Morgan fingerprint density at radius 2 is 2.00 bits per heavy atom. The van der Waals surface area contributed by atoms with Crippen LogP contribution < -0.4 is 11.1 Å². The van der Waals surface area contributed by atoms with Crippen LogP contribution in [0.5, 0.6) is 0 Å². The third kappa shape index (κ3) is 7.40. The van der Waals surface area contributed by atoms with Crippen LogP contribution >= 0.6 is 0 Å². The van der Waals surface area contributed by atoms with Gasteiger partial charge in [0.1, 0.15) is 6.29 Å². The summed E-state index contributed by atoms with van der Waals surface area (Å²) in [4.78, 5) is 24.6. The average Bonchev–Trinajstić information content (AvgIpc) is 2.26. The fourth-order valence-electron chi connectivity index (χ4n) is 1.39. The van der Waals surface area contributed by atoms with E-state index < -0.39 is 6.04 Å². The molecule has 1 amide bonds. The minimum Gasteiger partial charge on any atom is -0.345 e. The Hall–Kier alpha value is -0.940. The van der Waals surface area contributed by atoms with Crippen molar-refractivity contribution in [1.82, 2.24) is 10.2 Å². The highest BCUT2D eigenvalue weighted by molar-refractivity contribution is 5.81. The summed E-state index contributed by atoms with van der Waals surface area (Å²) in [7, 11) is 1.89. The molecule has 18 heavy (non-hydrogen) atoms. The monoisotopic (exact) mass is 257 g/mol. The molecule has 3 N–H and O–H groups in total. The van der Waals surface area contributed by atoms with Gasteiger partial charge in [-0.3, -0.25) is 9.69 Å². The number of unbranched alkanes of at least 4 members (excludes halogenated alkanes) is 1. The maximum atomic E-state index is 11.8. The first-order chi connectivity index (χ1) is 8.31. The summed E-state index contributed by atoms with van der Waals surface area (Å²) in [6.07, 6.45) is 3.19. The minimum absolute atomic E-state index is 0.0619. The van der Waals surface area contributed by atoms with Crippen LogP contribution in [0, 0.1) is 0 Å². The van der Waals surface area contributed by atoms with Crippen LogP contribution in [0.15, 0.2) is 0 Å². The second-order valence-electron chi connectivity index (χ2n) is 5.62. The number of hydrogen-bond acceptors (Lipinski definition) is 4. The molecule has 5 nitrogen and oxygen atoms in total. The van der Waals surface area contributed by atoms with Gasteiger partial charge in [-0.2, -0.15) is 0 Å². The van der Waals surface area contributed by atoms with Crippen molar-refractivity contribution in [2.24, 2.45) is 5.73 Å². The van der Waals surface area contributed by atoms with Gasteiger partial charge >= 0.3 is 0 Å². The molecular formula is C13H27N3O2. The van der Waals surface area contributed by atoms with Gasteiger partial charge in [0, 0.05) is 5.54 Å². The molecule has 0 aliphatic heterocycles. The minimum atomic E-state index is -0.391. The van der Waals surface area contributed by atoms with Gasteiger partial charge in [-0.05, 0) is 53.6 Å². The standard InChI is InChI=1S/C13H27N3O2/c1-13(2,3)16(4)9-12(18)15-11(10-17)7-5-6-8-14/h10-11H,5-9,14H2,1-4H3,(H,15,18)/t11-/m0/s1. The van der Waals surface area contributed by atoms with Gasteiger partial charge in [0.05, 0.1) is 12.6 Å². The first kappa shape index (κ1) is 17.1. The van der Waals surface area contributed by atoms with E-state index in [9.17, 15) is 9.59 Å². The fraction of sp³-hybridized carbons (Fsp3) is 0.846. The lowest BCUT2D eigenvalue weighted by Gasteiger charge is -2.31. The summed E-state index contributed by atoms with van der Waals surface area (Å²) in [5.41, 5.74) is 5.33. The molecule has 0 aromatic carbocycles. The summed E-state index contributed by atoms with van der Waals surface area (Å²) < 4.78 is 0. The number of nitrogens with zero attached hydrogens (tertiary/aromatic N) is 1. The van der Waals surface area contributed by atoms with Gasteiger partial charge in [-0.1, -0.05) is 0 Å². The van der Waals surface area contributed by atoms with Gasteiger partial charge in [0.25, 0.3) is 0 Å². The van der Waals surface area contributed by atoms with Gasteiger partial charge in [0.2, 0.25) is 5.91 Å². The molecule has 0 aliphatic carbocycles. The van der Waals surface area contributed by atoms with Crippen molar-refractivity contribution in [2.75, 3.05) is 20.1 Å². The Balaban J connectivity index is 4.07. The summed E-state index contributed by atoms with van der Waals surface area (Å²) in [6, 6.07) is -0.391. The van der Waals surface area contributed by atoms with Gasteiger partial charge < -0.3 is 15.8 Å². The molecule has 1 atom stereocenters. The lowest BCUT2D eigenvalue weighted by atomic mass is 10.1. The van der Waals surface area contributed by atoms with E-state index in [-0.39, 0.29) is 11.4 Å². The summed E-state index contributed by atoms with van der Waals surface area (Å²) in [5.74, 6) is -0.114. The third-order valence-electron chi connectivity index (χ3n) is 3.01. The number of nitrogens with one attached hydrogen (secondary N) is 1. The smallest absolute Gasteiger partial charge is 0.234 e. The molecule has 0 saturated heterocycles. The van der Waals surface area contributed by atoms with Crippen molar-refractivity contribution < 1.29 is 9.59 Å². The summed E-state index contributed by atoms with van der Waals surface area (Å²) >= 11 is 0. The van der Waals surface area contributed by atoms with Crippen LogP contribution in [0.4, 0.5) is 0 Å². The molecule has 5 heteroatoms. The number of carbonyl (C=O) groups is 2. The number of hydrogen-bond donors (Lipinski definition) is 2. The van der Waals surface area contributed by atoms with E-state index in [2.05, 4.69) is 5.32 Å².